The number of nitrogens with one attached hydrogen (secondary N) is 1. The van der Waals surface area contributed by atoms with Crippen LogP contribution in [-0.2, 0) is 16.0 Å². The number of anilines is 1. The van der Waals surface area contributed by atoms with Gasteiger partial charge in [0.1, 0.15) is 6.04 Å². The van der Waals surface area contributed by atoms with Crippen molar-refractivity contribution in [3.8, 4) is 0 Å². The number of aryl methyl sites for hydroxylation is 2. The maximum absolute atomic E-state index is 12.7. The summed E-state index contributed by atoms with van der Waals surface area (Å²) in [6.07, 6.45) is 1.96. The number of benzene rings is 1. The predicted molar refractivity (Wildman–Crippen MR) is 88.9 cm³/mol. The third-order valence-corrected chi connectivity index (χ3v) is 4.02. The SMILES string of the molecule is Cc1ccc2c(c1)CCCN2C(=O)C(C)NC(=O)C(C)(C)C. The first-order valence-corrected chi connectivity index (χ1v) is 7.92. The summed E-state index contributed by atoms with van der Waals surface area (Å²) in [5.74, 6) is -0.142. The maximum Gasteiger partial charge on any atom is 0.249 e. The molecule has 0 aliphatic carbocycles. The minimum absolute atomic E-state index is 0.0394. The molecule has 1 unspecified atom stereocenters. The van der Waals surface area contributed by atoms with Crippen LogP contribution in [0.3, 0.4) is 0 Å². The van der Waals surface area contributed by atoms with Gasteiger partial charge in [-0.15, -0.1) is 0 Å². The highest BCUT2D eigenvalue weighted by atomic mass is 16.2. The Morgan fingerprint density at radius 2 is 1.95 bits per heavy atom. The van der Waals surface area contributed by atoms with Crippen molar-refractivity contribution in [3.63, 3.8) is 0 Å². The fraction of sp³-hybridized carbons (Fsp3) is 0.556. The van der Waals surface area contributed by atoms with Gasteiger partial charge in [-0.25, -0.2) is 0 Å². The lowest BCUT2D eigenvalue weighted by molar-refractivity contribution is -0.132. The lowest BCUT2D eigenvalue weighted by atomic mass is 9.95. The predicted octanol–water partition coefficient (Wildman–Crippen LogP) is 2.83. The molecule has 1 aromatic carbocycles. The summed E-state index contributed by atoms with van der Waals surface area (Å²) in [4.78, 5) is 26.6. The third-order valence-electron chi connectivity index (χ3n) is 4.02. The van der Waals surface area contributed by atoms with Crippen molar-refractivity contribution in [3.05, 3.63) is 29.3 Å². The first-order valence-electron chi connectivity index (χ1n) is 7.92. The van der Waals surface area contributed by atoms with Crippen LogP contribution in [0.5, 0.6) is 0 Å². The van der Waals surface area contributed by atoms with Crippen molar-refractivity contribution in [2.24, 2.45) is 5.41 Å². The van der Waals surface area contributed by atoms with Gasteiger partial charge in [0.2, 0.25) is 11.8 Å². The summed E-state index contributed by atoms with van der Waals surface area (Å²) in [6.45, 7) is 10.1. The Bertz CT molecular complexity index is 587. The summed E-state index contributed by atoms with van der Waals surface area (Å²) in [5, 5.41) is 2.83. The van der Waals surface area contributed by atoms with Crippen LogP contribution in [0.15, 0.2) is 18.2 Å². The summed E-state index contributed by atoms with van der Waals surface area (Å²) in [5.41, 5.74) is 2.92. The standard InChI is InChI=1S/C18H26N2O2/c1-12-8-9-15-14(11-12)7-6-10-20(15)16(21)13(2)19-17(22)18(3,4)5/h8-9,11,13H,6-7,10H2,1-5H3,(H,19,22). The first kappa shape index (κ1) is 16.5. The van der Waals surface area contributed by atoms with E-state index in [0.29, 0.717) is 6.54 Å². The zero-order valence-electron chi connectivity index (χ0n) is 14.2. The minimum atomic E-state index is -0.515. The minimum Gasteiger partial charge on any atom is -0.344 e. The van der Waals surface area contributed by atoms with E-state index in [4.69, 9.17) is 0 Å². The smallest absolute Gasteiger partial charge is 0.249 e. The van der Waals surface area contributed by atoms with Gasteiger partial charge in [-0.3, -0.25) is 9.59 Å². The number of amides is 2. The van der Waals surface area contributed by atoms with Gasteiger partial charge in [0.05, 0.1) is 0 Å². The van der Waals surface area contributed by atoms with Crippen LogP contribution >= 0.6 is 0 Å². The van der Waals surface area contributed by atoms with Crippen LogP contribution in [0.25, 0.3) is 0 Å². The molecule has 2 amide bonds. The molecule has 4 nitrogen and oxygen atoms in total. The Morgan fingerprint density at radius 3 is 2.59 bits per heavy atom. The molecule has 1 aliphatic rings. The number of fused-ring (bicyclic) bond motifs is 1. The van der Waals surface area contributed by atoms with Crippen LogP contribution in [0.1, 0.15) is 45.2 Å². The molecule has 1 heterocycles. The van der Waals surface area contributed by atoms with Gasteiger partial charge < -0.3 is 10.2 Å². The molecule has 0 radical (unpaired) electrons. The van der Waals surface area contributed by atoms with Crippen molar-refractivity contribution in [1.82, 2.24) is 5.32 Å². The summed E-state index contributed by atoms with van der Waals surface area (Å²) < 4.78 is 0. The largest absolute Gasteiger partial charge is 0.344 e. The average Bonchev–Trinajstić information content (AvgIpc) is 2.44. The topological polar surface area (TPSA) is 49.4 Å². The second kappa shape index (κ2) is 6.11. The summed E-state index contributed by atoms with van der Waals surface area (Å²) >= 11 is 0. The van der Waals surface area contributed by atoms with E-state index in [9.17, 15) is 9.59 Å². The number of nitrogens with zero attached hydrogens (tertiary/aromatic N) is 1. The molecule has 0 spiro atoms. The van der Waals surface area contributed by atoms with E-state index in [2.05, 4.69) is 18.3 Å². The van der Waals surface area contributed by atoms with Crippen LogP contribution in [0, 0.1) is 12.3 Å². The van der Waals surface area contributed by atoms with Crippen molar-refractivity contribution in [1.29, 1.82) is 0 Å². The molecule has 0 bridgehead atoms. The van der Waals surface area contributed by atoms with E-state index >= 15 is 0 Å². The monoisotopic (exact) mass is 302 g/mol. The molecule has 1 N–H and O–H groups in total. The number of rotatable bonds is 2. The Hall–Kier alpha value is -1.84. The van der Waals surface area contributed by atoms with Crippen molar-refractivity contribution < 1.29 is 9.59 Å². The molecule has 1 aliphatic heterocycles. The molecule has 2 rings (SSSR count). The molecule has 0 fully saturated rings. The van der Waals surface area contributed by atoms with E-state index in [-0.39, 0.29) is 11.8 Å². The quantitative estimate of drug-likeness (QED) is 0.913. The van der Waals surface area contributed by atoms with Crippen LogP contribution < -0.4 is 10.2 Å². The molecule has 0 saturated carbocycles. The van der Waals surface area contributed by atoms with Gasteiger partial charge in [0.15, 0.2) is 0 Å². The zero-order chi connectivity index (χ0) is 16.5. The van der Waals surface area contributed by atoms with Gasteiger partial charge in [0, 0.05) is 17.6 Å². The Kier molecular flexibility index (Phi) is 4.59. The number of carbonyl (C=O) groups excluding carboxylic acids is 2. The zero-order valence-corrected chi connectivity index (χ0v) is 14.2. The van der Waals surface area contributed by atoms with E-state index in [1.165, 1.54) is 11.1 Å². The fourth-order valence-corrected chi connectivity index (χ4v) is 2.66. The third kappa shape index (κ3) is 3.49. The number of hydrogen-bond acceptors (Lipinski definition) is 2. The Balaban J connectivity index is 2.16. The molecule has 22 heavy (non-hydrogen) atoms. The molecular weight excluding hydrogens is 276 g/mol. The second-order valence-corrected chi connectivity index (χ2v) is 7.17. The highest BCUT2D eigenvalue weighted by molar-refractivity contribution is 6.00. The molecule has 0 saturated heterocycles. The average molecular weight is 302 g/mol. The van der Waals surface area contributed by atoms with Gasteiger partial charge in [-0.2, -0.15) is 0 Å². The highest BCUT2D eigenvalue weighted by Crippen LogP contribution is 2.28. The van der Waals surface area contributed by atoms with Crippen molar-refractivity contribution in [2.75, 3.05) is 11.4 Å². The second-order valence-electron chi connectivity index (χ2n) is 7.17. The van der Waals surface area contributed by atoms with E-state index in [1.54, 1.807) is 6.92 Å². The highest BCUT2D eigenvalue weighted by Gasteiger charge is 2.30. The van der Waals surface area contributed by atoms with Crippen LogP contribution in [0.4, 0.5) is 5.69 Å². The van der Waals surface area contributed by atoms with E-state index in [1.807, 2.05) is 37.8 Å². The fourth-order valence-electron chi connectivity index (χ4n) is 2.66. The molecular formula is C18H26N2O2. The van der Waals surface area contributed by atoms with E-state index < -0.39 is 11.5 Å². The van der Waals surface area contributed by atoms with Crippen LogP contribution in [0.2, 0.25) is 0 Å². The number of hydrogen-bond donors (Lipinski definition) is 1. The summed E-state index contributed by atoms with van der Waals surface area (Å²) in [7, 11) is 0. The van der Waals surface area contributed by atoms with E-state index in [0.717, 1.165) is 18.5 Å². The Labute approximate surface area is 132 Å². The van der Waals surface area contributed by atoms with Gasteiger partial charge in [-0.1, -0.05) is 38.5 Å². The number of carbonyl (C=O) groups is 2. The van der Waals surface area contributed by atoms with Gasteiger partial charge in [-0.05, 0) is 38.3 Å². The lowest BCUT2D eigenvalue weighted by Gasteiger charge is -2.32. The normalized spacial score (nSPS) is 16.0. The summed E-state index contributed by atoms with van der Waals surface area (Å²) in [6, 6.07) is 5.68. The van der Waals surface area contributed by atoms with Crippen molar-refractivity contribution >= 4 is 17.5 Å². The molecule has 1 aromatic rings. The van der Waals surface area contributed by atoms with Gasteiger partial charge >= 0.3 is 0 Å². The molecule has 120 valence electrons. The van der Waals surface area contributed by atoms with Crippen LogP contribution in [-0.4, -0.2) is 24.4 Å². The lowest BCUT2D eigenvalue weighted by Crippen LogP contribution is -2.50. The molecule has 1 atom stereocenters. The van der Waals surface area contributed by atoms with Gasteiger partial charge in [0.25, 0.3) is 0 Å². The molecule has 4 heteroatoms. The molecule has 0 aromatic heterocycles. The maximum atomic E-state index is 12.7. The Morgan fingerprint density at radius 1 is 1.27 bits per heavy atom. The first-order chi connectivity index (χ1) is 10.2. The van der Waals surface area contributed by atoms with Crippen molar-refractivity contribution in [2.45, 2.75) is 53.5 Å².